The summed E-state index contributed by atoms with van der Waals surface area (Å²) in [7, 11) is -1.50. The number of aliphatic hydroxyl groups excluding tert-OH is 1. The van der Waals surface area contributed by atoms with Crippen molar-refractivity contribution in [2.45, 2.75) is 75.3 Å². The summed E-state index contributed by atoms with van der Waals surface area (Å²) in [4.78, 5) is 32.3. The van der Waals surface area contributed by atoms with Crippen molar-refractivity contribution in [3.05, 3.63) is 89.0 Å². The zero-order chi connectivity index (χ0) is 32.4. The van der Waals surface area contributed by atoms with E-state index in [9.17, 15) is 18.9 Å². The number of halogens is 2. The van der Waals surface area contributed by atoms with Crippen LogP contribution in [0.3, 0.4) is 0 Å². The van der Waals surface area contributed by atoms with E-state index in [1.165, 1.54) is 11.0 Å². The molecule has 4 N–H and O–H groups in total. The van der Waals surface area contributed by atoms with Crippen molar-refractivity contribution < 1.29 is 23.3 Å². The van der Waals surface area contributed by atoms with Crippen LogP contribution in [0.2, 0.25) is 5.02 Å². The molecule has 4 atom stereocenters. The number of rotatable bonds is 10. The van der Waals surface area contributed by atoms with Crippen LogP contribution in [0.5, 0.6) is 0 Å². The van der Waals surface area contributed by atoms with Gasteiger partial charge >= 0.3 is 6.03 Å². The lowest BCUT2D eigenvalue weighted by atomic mass is 9.80. The van der Waals surface area contributed by atoms with Gasteiger partial charge in [-0.3, -0.25) is 9.78 Å². The van der Waals surface area contributed by atoms with Crippen LogP contribution in [0.15, 0.2) is 67.0 Å². The summed E-state index contributed by atoms with van der Waals surface area (Å²) in [6.07, 6.45) is 6.16. The molecule has 45 heavy (non-hydrogen) atoms. The van der Waals surface area contributed by atoms with Crippen molar-refractivity contribution in [1.29, 1.82) is 0 Å². The standard InChI is InChI=1S/C33H39ClFN5O4S/c1-32(2,3)45(44)39-33(15-14-21-6-7-21,23-5-4-16-36-19-23)22-8-13-27(35)28(17-22)38-30(42)29-18-26(41)20-40(29)31(43)37-25-11-9-24(34)10-12-25/h4-5,8-13,16-17,19,21,26,29,39,41H,6-7,14-15,18,20H2,1-3H3,(H,37,43)(H,38,42)/t26-,29-,33?,45+/m1/s1. The van der Waals surface area contributed by atoms with Gasteiger partial charge in [0, 0.05) is 36.1 Å². The van der Waals surface area contributed by atoms with Crippen LogP contribution in [0.4, 0.5) is 20.6 Å². The second-order valence-electron chi connectivity index (χ2n) is 12.8. The van der Waals surface area contributed by atoms with E-state index in [0.717, 1.165) is 24.8 Å². The van der Waals surface area contributed by atoms with Gasteiger partial charge in [0.2, 0.25) is 5.91 Å². The Morgan fingerprint density at radius 2 is 1.82 bits per heavy atom. The molecule has 2 aliphatic rings. The third-order valence-electron chi connectivity index (χ3n) is 8.26. The van der Waals surface area contributed by atoms with E-state index in [2.05, 4.69) is 20.3 Å². The maximum absolute atomic E-state index is 15.4. The van der Waals surface area contributed by atoms with E-state index in [4.69, 9.17) is 11.6 Å². The number of nitrogens with one attached hydrogen (secondary N) is 3. The number of aromatic nitrogens is 1. The van der Waals surface area contributed by atoms with Crippen LogP contribution in [0.1, 0.15) is 64.0 Å². The number of carbonyl (C=O) groups excluding carboxylic acids is 2. The predicted molar refractivity (Wildman–Crippen MR) is 175 cm³/mol. The van der Waals surface area contributed by atoms with Crippen LogP contribution in [0.25, 0.3) is 0 Å². The van der Waals surface area contributed by atoms with Gasteiger partial charge in [-0.05, 0) is 93.1 Å². The average Bonchev–Trinajstić information content (AvgIpc) is 3.75. The minimum Gasteiger partial charge on any atom is -0.391 e. The molecule has 2 fully saturated rings. The molecule has 1 saturated heterocycles. The van der Waals surface area contributed by atoms with Gasteiger partial charge in [0.15, 0.2) is 0 Å². The molecule has 12 heteroatoms. The molecule has 0 radical (unpaired) electrons. The van der Waals surface area contributed by atoms with Gasteiger partial charge in [-0.2, -0.15) is 0 Å². The molecule has 3 aromatic rings. The molecule has 0 bridgehead atoms. The molecule has 1 aliphatic carbocycles. The highest BCUT2D eigenvalue weighted by atomic mass is 35.5. The van der Waals surface area contributed by atoms with Crippen molar-refractivity contribution in [3.63, 3.8) is 0 Å². The van der Waals surface area contributed by atoms with Gasteiger partial charge < -0.3 is 20.6 Å². The van der Waals surface area contributed by atoms with Gasteiger partial charge in [0.05, 0.1) is 33.1 Å². The zero-order valence-corrected chi connectivity index (χ0v) is 27.1. The van der Waals surface area contributed by atoms with Crippen LogP contribution in [-0.2, 0) is 21.3 Å². The summed E-state index contributed by atoms with van der Waals surface area (Å²) in [5, 5.41) is 16.3. The molecule has 1 saturated carbocycles. The Labute approximate surface area is 270 Å². The van der Waals surface area contributed by atoms with Crippen molar-refractivity contribution in [2.75, 3.05) is 17.2 Å². The van der Waals surface area contributed by atoms with E-state index < -0.39 is 51.2 Å². The lowest BCUT2D eigenvalue weighted by Gasteiger charge is -2.38. The molecule has 1 aromatic heterocycles. The summed E-state index contributed by atoms with van der Waals surface area (Å²) in [6.45, 7) is 5.58. The molecule has 3 amide bonds. The van der Waals surface area contributed by atoms with Gasteiger partial charge in [-0.1, -0.05) is 36.6 Å². The third kappa shape index (κ3) is 7.89. The highest BCUT2D eigenvalue weighted by molar-refractivity contribution is 7.84. The number of aliphatic hydroxyl groups is 1. The highest BCUT2D eigenvalue weighted by Crippen LogP contribution is 2.42. The lowest BCUT2D eigenvalue weighted by molar-refractivity contribution is -0.119. The monoisotopic (exact) mass is 655 g/mol. The fourth-order valence-electron chi connectivity index (χ4n) is 5.50. The Morgan fingerprint density at radius 3 is 2.47 bits per heavy atom. The normalized spacial score (nSPS) is 20.4. The first-order chi connectivity index (χ1) is 21.4. The van der Waals surface area contributed by atoms with E-state index in [-0.39, 0.29) is 18.7 Å². The highest BCUT2D eigenvalue weighted by Gasteiger charge is 2.42. The summed E-state index contributed by atoms with van der Waals surface area (Å²) >= 11 is 5.94. The number of hydrogen-bond donors (Lipinski definition) is 4. The Hall–Kier alpha value is -3.38. The second-order valence-corrected chi connectivity index (χ2v) is 15.2. The lowest BCUT2D eigenvalue weighted by Crippen LogP contribution is -2.49. The van der Waals surface area contributed by atoms with E-state index in [1.807, 2.05) is 32.9 Å². The third-order valence-corrected chi connectivity index (χ3v) is 10.2. The van der Waals surface area contributed by atoms with Gasteiger partial charge in [0.1, 0.15) is 11.9 Å². The maximum atomic E-state index is 15.4. The molecule has 2 heterocycles. The van der Waals surface area contributed by atoms with Gasteiger partial charge in [-0.15, -0.1) is 0 Å². The van der Waals surface area contributed by atoms with Crippen molar-refractivity contribution in [1.82, 2.24) is 14.6 Å². The van der Waals surface area contributed by atoms with E-state index in [1.54, 1.807) is 48.8 Å². The topological polar surface area (TPSA) is 124 Å². The molecular weight excluding hydrogens is 617 g/mol. The fourth-order valence-corrected chi connectivity index (χ4v) is 6.58. The molecular formula is C33H39ClFN5O4S. The number of benzene rings is 2. The Balaban J connectivity index is 1.45. The Kier molecular flexibility index (Phi) is 9.93. The van der Waals surface area contributed by atoms with Crippen LogP contribution in [0, 0.1) is 11.7 Å². The number of amides is 3. The first kappa shape index (κ1) is 33.0. The maximum Gasteiger partial charge on any atom is 0.322 e. The Bertz CT molecular complexity index is 1550. The first-order valence-electron chi connectivity index (χ1n) is 15.1. The zero-order valence-electron chi connectivity index (χ0n) is 25.6. The van der Waals surface area contributed by atoms with Crippen molar-refractivity contribution in [3.8, 4) is 0 Å². The largest absolute Gasteiger partial charge is 0.391 e. The molecule has 1 aliphatic heterocycles. The molecule has 5 rings (SSSR count). The fraction of sp³-hybridized carbons (Fsp3) is 0.424. The number of urea groups is 1. The minimum absolute atomic E-state index is 0.00564. The van der Waals surface area contributed by atoms with Crippen LogP contribution >= 0.6 is 11.6 Å². The number of β-amino-alcohol motifs (C(OH)–C–C–N with tert-alkyl or cyclic N) is 1. The quantitative estimate of drug-likeness (QED) is 0.214. The first-order valence-corrected chi connectivity index (χ1v) is 16.6. The Morgan fingerprint density at radius 1 is 1.09 bits per heavy atom. The van der Waals surface area contributed by atoms with Crippen LogP contribution in [-0.4, -0.2) is 54.6 Å². The predicted octanol–water partition coefficient (Wildman–Crippen LogP) is 5.97. The molecule has 240 valence electrons. The number of hydrogen-bond acceptors (Lipinski definition) is 5. The van der Waals surface area contributed by atoms with Gasteiger partial charge in [-0.25, -0.2) is 18.1 Å². The minimum atomic E-state index is -1.50. The number of likely N-dealkylation sites (tertiary alicyclic amines) is 1. The number of anilines is 2. The summed E-state index contributed by atoms with van der Waals surface area (Å²) in [5.41, 5.74) is 0.794. The van der Waals surface area contributed by atoms with Crippen molar-refractivity contribution >= 4 is 45.9 Å². The average molecular weight is 656 g/mol. The summed E-state index contributed by atoms with van der Waals surface area (Å²) < 4.78 is 31.8. The van der Waals surface area contributed by atoms with E-state index >= 15 is 4.39 Å². The molecule has 2 aromatic carbocycles. The number of pyridine rings is 1. The second kappa shape index (κ2) is 13.5. The molecule has 9 nitrogen and oxygen atoms in total. The molecule has 1 unspecified atom stereocenters. The summed E-state index contributed by atoms with van der Waals surface area (Å²) in [6, 6.07) is 13.1. The number of nitrogens with zero attached hydrogens (tertiary/aromatic N) is 2. The summed E-state index contributed by atoms with van der Waals surface area (Å²) in [5.74, 6) is -0.739. The van der Waals surface area contributed by atoms with Crippen LogP contribution < -0.4 is 15.4 Å². The van der Waals surface area contributed by atoms with Crippen molar-refractivity contribution in [2.24, 2.45) is 5.92 Å². The number of carbonyl (C=O) groups is 2. The molecule has 0 spiro atoms. The SMILES string of the molecule is CC(C)(C)[S@](=O)NC(CCC1CC1)(c1cccnc1)c1ccc(F)c(NC(=O)[C@H]2C[C@@H](O)CN2C(=O)Nc2ccc(Cl)cc2)c1. The van der Waals surface area contributed by atoms with Gasteiger partial charge in [0.25, 0.3) is 0 Å². The van der Waals surface area contributed by atoms with E-state index in [0.29, 0.717) is 28.6 Å². The smallest absolute Gasteiger partial charge is 0.322 e.